The number of amides is 2. The predicted octanol–water partition coefficient (Wildman–Crippen LogP) is 1.70. The molecule has 10 heteroatoms. The van der Waals surface area contributed by atoms with E-state index in [1.807, 2.05) is 29.3 Å². The monoisotopic (exact) mass is 493 g/mol. The number of likely N-dealkylation sites (tertiary alicyclic amines) is 1. The lowest BCUT2D eigenvalue weighted by atomic mass is 9.96. The molecule has 36 heavy (non-hydrogen) atoms. The van der Waals surface area contributed by atoms with Crippen LogP contribution in [-0.2, 0) is 9.59 Å². The molecular formula is C26H32FN7O2. The lowest BCUT2D eigenvalue weighted by Gasteiger charge is -2.39. The van der Waals surface area contributed by atoms with Crippen molar-refractivity contribution in [1.29, 1.82) is 0 Å². The number of pyridine rings is 1. The van der Waals surface area contributed by atoms with Crippen LogP contribution in [0.25, 0.3) is 0 Å². The number of rotatable bonds is 6. The first-order valence-electron chi connectivity index (χ1n) is 12.6. The lowest BCUT2D eigenvalue weighted by molar-refractivity contribution is -0.126. The summed E-state index contributed by atoms with van der Waals surface area (Å²) in [5, 5.41) is 5.90. The summed E-state index contributed by atoms with van der Waals surface area (Å²) in [6.07, 6.45) is 4.01. The third-order valence-electron chi connectivity index (χ3n) is 7.24. The highest BCUT2D eigenvalue weighted by Crippen LogP contribution is 2.27. The van der Waals surface area contributed by atoms with Gasteiger partial charge in [0, 0.05) is 58.4 Å². The number of nitrogens with zero attached hydrogens (tertiary/aromatic N) is 6. The molecule has 0 bridgehead atoms. The van der Waals surface area contributed by atoms with Gasteiger partial charge in [0.25, 0.3) is 5.91 Å². The number of benzene rings is 1. The molecular weight excluding hydrogens is 461 g/mol. The minimum Gasteiger partial charge on any atom is -0.368 e. The molecule has 3 aliphatic heterocycles. The van der Waals surface area contributed by atoms with Gasteiger partial charge in [-0.1, -0.05) is 6.07 Å². The van der Waals surface area contributed by atoms with E-state index in [2.05, 4.69) is 19.9 Å². The average molecular weight is 494 g/mol. The zero-order valence-corrected chi connectivity index (χ0v) is 20.3. The Hall–Kier alpha value is -3.53. The van der Waals surface area contributed by atoms with E-state index in [-0.39, 0.29) is 18.1 Å². The van der Waals surface area contributed by atoms with Crippen molar-refractivity contribution in [2.45, 2.75) is 25.3 Å². The first-order chi connectivity index (χ1) is 17.5. The number of carbonyl (C=O) groups excluding carboxylic acids is 2. The van der Waals surface area contributed by atoms with Crippen molar-refractivity contribution in [3.05, 3.63) is 54.5 Å². The number of piperazine rings is 1. The van der Waals surface area contributed by atoms with Crippen LogP contribution in [0.15, 0.2) is 53.8 Å². The number of hydrogen-bond donors (Lipinski definition) is 1. The van der Waals surface area contributed by atoms with Gasteiger partial charge in [0.05, 0.1) is 5.69 Å². The molecule has 0 radical (unpaired) electrons. The van der Waals surface area contributed by atoms with Gasteiger partial charge in [-0.2, -0.15) is 5.10 Å². The largest absolute Gasteiger partial charge is 0.368 e. The number of primary amides is 1. The Bertz CT molecular complexity index is 1100. The number of halogens is 1. The van der Waals surface area contributed by atoms with Crippen molar-refractivity contribution in [3.8, 4) is 0 Å². The van der Waals surface area contributed by atoms with Gasteiger partial charge < -0.3 is 15.5 Å². The van der Waals surface area contributed by atoms with Crippen LogP contribution in [0.2, 0.25) is 0 Å². The van der Waals surface area contributed by atoms with Crippen molar-refractivity contribution in [2.75, 3.05) is 55.7 Å². The molecule has 2 atom stereocenters. The fraction of sp³-hybridized carbons (Fsp3) is 0.462. The molecule has 1 aromatic carbocycles. The van der Waals surface area contributed by atoms with Gasteiger partial charge in [-0.05, 0) is 55.2 Å². The predicted molar refractivity (Wildman–Crippen MR) is 136 cm³/mol. The van der Waals surface area contributed by atoms with Crippen molar-refractivity contribution in [2.24, 2.45) is 16.8 Å². The molecule has 190 valence electrons. The van der Waals surface area contributed by atoms with Crippen LogP contribution >= 0.6 is 0 Å². The Labute approximate surface area is 210 Å². The Kier molecular flexibility index (Phi) is 7.13. The maximum atomic E-state index is 13.4. The summed E-state index contributed by atoms with van der Waals surface area (Å²) in [4.78, 5) is 36.6. The topological polar surface area (TPSA) is 98.4 Å². The molecule has 4 heterocycles. The van der Waals surface area contributed by atoms with E-state index in [4.69, 9.17) is 5.73 Å². The van der Waals surface area contributed by atoms with Gasteiger partial charge in [0.1, 0.15) is 23.4 Å². The fourth-order valence-corrected chi connectivity index (χ4v) is 5.34. The van der Waals surface area contributed by atoms with E-state index < -0.39 is 11.9 Å². The van der Waals surface area contributed by atoms with Crippen LogP contribution in [0.4, 0.5) is 15.9 Å². The zero-order valence-electron chi connectivity index (χ0n) is 20.3. The standard InChI is InChI=1S/C26H32FN7O2/c27-20-6-8-21(9-7-20)34-23(25(28)35)16-22(30-34)26(36)33-11-3-4-19(18-33)17-31-12-14-32(15-13-31)24-5-1-2-10-29-24/h1-2,5-10,19,23H,3-4,11-18H2,(H2,28,35). The van der Waals surface area contributed by atoms with Crippen molar-refractivity contribution < 1.29 is 14.0 Å². The normalized spacial score (nSPS) is 23.0. The first kappa shape index (κ1) is 24.2. The summed E-state index contributed by atoms with van der Waals surface area (Å²) in [5.74, 6) is 0.327. The molecule has 0 aliphatic carbocycles. The highest BCUT2D eigenvalue weighted by atomic mass is 19.1. The number of nitrogens with two attached hydrogens (primary N) is 1. The number of hydrogen-bond acceptors (Lipinski definition) is 7. The van der Waals surface area contributed by atoms with Gasteiger partial charge in [0.15, 0.2) is 0 Å². The molecule has 2 unspecified atom stereocenters. The molecule has 2 amide bonds. The third-order valence-corrected chi connectivity index (χ3v) is 7.24. The molecule has 3 aliphatic rings. The van der Waals surface area contributed by atoms with Crippen LogP contribution in [0.1, 0.15) is 19.3 Å². The molecule has 0 saturated carbocycles. The van der Waals surface area contributed by atoms with Crippen LogP contribution in [-0.4, -0.2) is 84.2 Å². The Morgan fingerprint density at radius 3 is 2.50 bits per heavy atom. The molecule has 2 N–H and O–H groups in total. The van der Waals surface area contributed by atoms with Gasteiger partial charge in [-0.25, -0.2) is 9.37 Å². The summed E-state index contributed by atoms with van der Waals surface area (Å²) in [7, 11) is 0. The van der Waals surface area contributed by atoms with E-state index in [0.717, 1.165) is 51.4 Å². The molecule has 9 nitrogen and oxygen atoms in total. The molecule has 1 aromatic heterocycles. The Morgan fingerprint density at radius 1 is 1.03 bits per heavy atom. The van der Waals surface area contributed by atoms with Crippen LogP contribution in [0, 0.1) is 11.7 Å². The number of carbonyl (C=O) groups is 2. The minimum absolute atomic E-state index is 0.143. The van der Waals surface area contributed by atoms with Crippen molar-refractivity contribution in [1.82, 2.24) is 14.8 Å². The van der Waals surface area contributed by atoms with Gasteiger partial charge in [0.2, 0.25) is 5.91 Å². The van der Waals surface area contributed by atoms with Gasteiger partial charge in [-0.3, -0.25) is 19.5 Å². The lowest BCUT2D eigenvalue weighted by Crippen LogP contribution is -2.51. The smallest absolute Gasteiger partial charge is 0.270 e. The second-order valence-corrected chi connectivity index (χ2v) is 9.72. The Morgan fingerprint density at radius 2 is 1.81 bits per heavy atom. The maximum Gasteiger partial charge on any atom is 0.270 e. The van der Waals surface area contributed by atoms with Gasteiger partial charge in [-0.15, -0.1) is 0 Å². The number of anilines is 2. The summed E-state index contributed by atoms with van der Waals surface area (Å²) < 4.78 is 13.4. The number of aromatic nitrogens is 1. The van der Waals surface area contributed by atoms with E-state index in [1.165, 1.54) is 29.3 Å². The SMILES string of the molecule is NC(=O)C1CC(C(=O)N2CCCC(CN3CCN(c4ccccn4)CC3)C2)=NN1c1ccc(F)cc1. The molecule has 0 spiro atoms. The maximum absolute atomic E-state index is 13.4. The zero-order chi connectivity index (χ0) is 25.1. The number of hydrazone groups is 1. The van der Waals surface area contributed by atoms with E-state index in [1.54, 1.807) is 0 Å². The highest BCUT2D eigenvalue weighted by Gasteiger charge is 2.37. The van der Waals surface area contributed by atoms with Crippen molar-refractivity contribution >= 4 is 29.0 Å². The average Bonchev–Trinajstić information content (AvgIpc) is 3.36. The van der Waals surface area contributed by atoms with Crippen LogP contribution in [0.3, 0.4) is 0 Å². The third kappa shape index (κ3) is 5.33. The molecule has 2 saturated heterocycles. The highest BCUT2D eigenvalue weighted by molar-refractivity contribution is 6.40. The number of piperidine rings is 1. The van der Waals surface area contributed by atoms with Gasteiger partial charge >= 0.3 is 0 Å². The Balaban J connectivity index is 1.18. The van der Waals surface area contributed by atoms with E-state index >= 15 is 0 Å². The molecule has 5 rings (SSSR count). The van der Waals surface area contributed by atoms with E-state index in [0.29, 0.717) is 30.4 Å². The van der Waals surface area contributed by atoms with Crippen molar-refractivity contribution in [3.63, 3.8) is 0 Å². The molecule has 2 fully saturated rings. The summed E-state index contributed by atoms with van der Waals surface area (Å²) >= 11 is 0. The van der Waals surface area contributed by atoms with Crippen LogP contribution < -0.4 is 15.6 Å². The quantitative estimate of drug-likeness (QED) is 0.658. The molecule has 2 aromatic rings. The fourth-order valence-electron chi connectivity index (χ4n) is 5.34. The summed E-state index contributed by atoms with van der Waals surface area (Å²) in [6.45, 7) is 6.14. The minimum atomic E-state index is -0.759. The van der Waals surface area contributed by atoms with Crippen LogP contribution in [0.5, 0.6) is 0 Å². The first-order valence-corrected chi connectivity index (χ1v) is 12.6. The second kappa shape index (κ2) is 10.6. The summed E-state index contributed by atoms with van der Waals surface area (Å²) in [5.41, 5.74) is 6.46. The summed E-state index contributed by atoms with van der Waals surface area (Å²) in [6, 6.07) is 10.9. The van der Waals surface area contributed by atoms with E-state index in [9.17, 15) is 14.0 Å². The second-order valence-electron chi connectivity index (χ2n) is 9.72.